The van der Waals surface area contributed by atoms with Crippen LogP contribution in [0.1, 0.15) is 16.7 Å². The van der Waals surface area contributed by atoms with E-state index in [1.807, 2.05) is 0 Å². The molecule has 0 amide bonds. The fraction of sp³-hybridized carbons (Fsp3) is 0.182. The largest absolute Gasteiger partial charge is 0.493 e. The quantitative estimate of drug-likeness (QED) is 0.264. The predicted molar refractivity (Wildman–Crippen MR) is 104 cm³/mol. The molecule has 0 bridgehead atoms. The van der Waals surface area contributed by atoms with Crippen LogP contribution in [0.5, 0.6) is 11.5 Å². The number of rotatable bonds is 8. The number of methoxy groups -OCH3 is 1. The summed E-state index contributed by atoms with van der Waals surface area (Å²) < 4.78 is 54.1. The zero-order valence-corrected chi connectivity index (χ0v) is 16.0. The SMILES string of the molecule is C=CCOC(=O)/C(C#N)=C/c1ccc(OCc2cccc(C(F)(F)F)c2)c(OC)c1. The summed E-state index contributed by atoms with van der Waals surface area (Å²) >= 11 is 0. The average Bonchev–Trinajstić information content (AvgIpc) is 2.74. The number of nitriles is 1. The second kappa shape index (κ2) is 10.2. The summed E-state index contributed by atoms with van der Waals surface area (Å²) in [6.45, 7) is 3.30. The molecular weight excluding hydrogens is 399 g/mol. The molecule has 0 fully saturated rings. The molecule has 0 aliphatic rings. The Morgan fingerprint density at radius 3 is 2.60 bits per heavy atom. The van der Waals surface area contributed by atoms with Gasteiger partial charge in [0.25, 0.3) is 0 Å². The second-order valence-electron chi connectivity index (χ2n) is 5.95. The maximum Gasteiger partial charge on any atom is 0.416 e. The van der Waals surface area contributed by atoms with Gasteiger partial charge >= 0.3 is 12.1 Å². The highest BCUT2D eigenvalue weighted by Crippen LogP contribution is 2.32. The van der Waals surface area contributed by atoms with E-state index in [4.69, 9.17) is 19.5 Å². The van der Waals surface area contributed by atoms with Crippen LogP contribution < -0.4 is 9.47 Å². The molecule has 0 aromatic heterocycles. The molecule has 0 unspecified atom stereocenters. The van der Waals surface area contributed by atoms with Crippen molar-refractivity contribution in [2.24, 2.45) is 0 Å². The first-order valence-corrected chi connectivity index (χ1v) is 8.65. The fourth-order valence-corrected chi connectivity index (χ4v) is 2.41. The third kappa shape index (κ3) is 6.14. The van der Waals surface area contributed by atoms with E-state index in [1.165, 1.54) is 43.5 Å². The highest BCUT2D eigenvalue weighted by atomic mass is 19.4. The van der Waals surface area contributed by atoms with Gasteiger partial charge in [-0.15, -0.1) is 0 Å². The van der Waals surface area contributed by atoms with Crippen molar-refractivity contribution in [1.82, 2.24) is 0 Å². The molecule has 0 aliphatic carbocycles. The Morgan fingerprint density at radius 2 is 1.97 bits per heavy atom. The Labute approximate surface area is 171 Å². The molecule has 0 N–H and O–H groups in total. The van der Waals surface area contributed by atoms with E-state index in [0.29, 0.717) is 16.9 Å². The Balaban J connectivity index is 2.18. The van der Waals surface area contributed by atoms with Crippen LogP contribution >= 0.6 is 0 Å². The molecule has 0 saturated carbocycles. The lowest BCUT2D eigenvalue weighted by Crippen LogP contribution is -2.06. The molecule has 2 aromatic carbocycles. The normalized spacial score (nSPS) is 11.4. The van der Waals surface area contributed by atoms with Crippen molar-refractivity contribution in [2.75, 3.05) is 13.7 Å². The van der Waals surface area contributed by atoms with E-state index in [1.54, 1.807) is 12.1 Å². The molecule has 8 heteroatoms. The molecule has 30 heavy (non-hydrogen) atoms. The van der Waals surface area contributed by atoms with Gasteiger partial charge in [-0.25, -0.2) is 4.79 Å². The zero-order valence-electron chi connectivity index (χ0n) is 16.0. The minimum Gasteiger partial charge on any atom is -0.493 e. The standard InChI is InChI=1S/C22H18F3NO4/c1-3-9-29-21(27)17(13-26)10-15-7-8-19(20(12-15)28-2)30-14-16-5-4-6-18(11-16)22(23,24)25/h3-8,10-12H,1,9,14H2,2H3/b17-10+. The van der Waals surface area contributed by atoms with Crippen LogP contribution in [0.15, 0.2) is 60.7 Å². The van der Waals surface area contributed by atoms with Crippen molar-refractivity contribution in [1.29, 1.82) is 5.26 Å². The zero-order chi connectivity index (χ0) is 22.1. The summed E-state index contributed by atoms with van der Waals surface area (Å²) in [6, 6.07) is 11.2. The molecule has 156 valence electrons. The van der Waals surface area contributed by atoms with E-state index >= 15 is 0 Å². The molecule has 2 rings (SSSR count). The summed E-state index contributed by atoms with van der Waals surface area (Å²) in [5.41, 5.74) is -0.155. The number of benzene rings is 2. The topological polar surface area (TPSA) is 68.6 Å². The minimum absolute atomic E-state index is 0.0243. The molecule has 0 aliphatic heterocycles. The second-order valence-corrected chi connectivity index (χ2v) is 5.95. The van der Waals surface area contributed by atoms with Crippen LogP contribution in [0, 0.1) is 11.3 Å². The van der Waals surface area contributed by atoms with Crippen molar-refractivity contribution in [3.05, 3.63) is 77.4 Å². The predicted octanol–water partition coefficient (Wildman–Crippen LogP) is 4.93. The fourth-order valence-electron chi connectivity index (χ4n) is 2.41. The molecule has 0 spiro atoms. The number of hydrogen-bond acceptors (Lipinski definition) is 5. The molecular formula is C22H18F3NO4. The lowest BCUT2D eigenvalue weighted by molar-refractivity contribution is -0.138. The van der Waals surface area contributed by atoms with Gasteiger partial charge in [0.05, 0.1) is 12.7 Å². The number of carbonyl (C=O) groups is 1. The smallest absolute Gasteiger partial charge is 0.416 e. The molecule has 0 saturated heterocycles. The highest BCUT2D eigenvalue weighted by Gasteiger charge is 2.30. The maximum atomic E-state index is 12.8. The van der Waals surface area contributed by atoms with Crippen LogP contribution in [0.3, 0.4) is 0 Å². The average molecular weight is 417 g/mol. The summed E-state index contributed by atoms with van der Waals surface area (Å²) in [5.74, 6) is -0.214. The summed E-state index contributed by atoms with van der Waals surface area (Å²) in [6.07, 6.45) is -1.73. The highest BCUT2D eigenvalue weighted by molar-refractivity contribution is 5.98. The van der Waals surface area contributed by atoms with E-state index in [9.17, 15) is 18.0 Å². The molecule has 0 atom stereocenters. The number of esters is 1. The Morgan fingerprint density at radius 1 is 1.20 bits per heavy atom. The number of alkyl halides is 3. The van der Waals surface area contributed by atoms with E-state index in [2.05, 4.69) is 6.58 Å². The van der Waals surface area contributed by atoms with Crippen LogP contribution in [-0.2, 0) is 22.3 Å². The van der Waals surface area contributed by atoms with Gasteiger partial charge in [-0.2, -0.15) is 18.4 Å². The molecule has 2 aromatic rings. The van der Waals surface area contributed by atoms with Gasteiger partial charge in [-0.1, -0.05) is 30.9 Å². The van der Waals surface area contributed by atoms with Gasteiger partial charge in [0.2, 0.25) is 0 Å². The lowest BCUT2D eigenvalue weighted by Gasteiger charge is -2.13. The van der Waals surface area contributed by atoms with Crippen LogP contribution in [-0.4, -0.2) is 19.7 Å². The summed E-state index contributed by atoms with van der Waals surface area (Å²) in [7, 11) is 1.39. The Bertz CT molecular complexity index is 991. The summed E-state index contributed by atoms with van der Waals surface area (Å²) in [4.78, 5) is 11.8. The van der Waals surface area contributed by atoms with E-state index in [0.717, 1.165) is 12.1 Å². The van der Waals surface area contributed by atoms with Gasteiger partial charge in [-0.05, 0) is 41.5 Å². The van der Waals surface area contributed by atoms with E-state index in [-0.39, 0.29) is 24.5 Å². The van der Waals surface area contributed by atoms with E-state index < -0.39 is 17.7 Å². The molecule has 5 nitrogen and oxygen atoms in total. The van der Waals surface area contributed by atoms with Crippen molar-refractivity contribution >= 4 is 12.0 Å². The first-order chi connectivity index (χ1) is 14.3. The van der Waals surface area contributed by atoms with Gasteiger partial charge in [0.15, 0.2) is 11.5 Å². The minimum atomic E-state index is -4.44. The van der Waals surface area contributed by atoms with Gasteiger partial charge in [-0.3, -0.25) is 0 Å². The van der Waals surface area contributed by atoms with Gasteiger partial charge < -0.3 is 14.2 Å². The molecule has 0 heterocycles. The van der Waals surface area contributed by atoms with Crippen LogP contribution in [0.4, 0.5) is 13.2 Å². The van der Waals surface area contributed by atoms with Crippen LogP contribution in [0.25, 0.3) is 6.08 Å². The first kappa shape index (κ1) is 22.6. The lowest BCUT2D eigenvalue weighted by atomic mass is 10.1. The van der Waals surface area contributed by atoms with Gasteiger partial charge in [0, 0.05) is 0 Å². The Kier molecular flexibility index (Phi) is 7.64. The number of carbonyl (C=O) groups excluding carboxylic acids is 1. The monoisotopic (exact) mass is 417 g/mol. The summed E-state index contributed by atoms with van der Waals surface area (Å²) in [5, 5.41) is 9.15. The van der Waals surface area contributed by atoms with Crippen LogP contribution in [0.2, 0.25) is 0 Å². The third-order valence-corrected chi connectivity index (χ3v) is 3.82. The van der Waals surface area contributed by atoms with Gasteiger partial charge in [0.1, 0.15) is 24.9 Å². The number of nitrogens with zero attached hydrogens (tertiary/aromatic N) is 1. The first-order valence-electron chi connectivity index (χ1n) is 8.65. The van der Waals surface area contributed by atoms with Crippen molar-refractivity contribution in [3.63, 3.8) is 0 Å². The number of ether oxygens (including phenoxy) is 3. The number of hydrogen-bond donors (Lipinski definition) is 0. The van der Waals surface area contributed by atoms with Crippen molar-refractivity contribution in [2.45, 2.75) is 12.8 Å². The third-order valence-electron chi connectivity index (χ3n) is 3.82. The maximum absolute atomic E-state index is 12.8. The molecule has 0 radical (unpaired) electrons. The van der Waals surface area contributed by atoms with Crippen molar-refractivity contribution < 1.29 is 32.2 Å². The Hall–Kier alpha value is -3.73. The van der Waals surface area contributed by atoms with Crippen molar-refractivity contribution in [3.8, 4) is 17.6 Å². The number of halogens is 3.